The van der Waals surface area contributed by atoms with E-state index in [1.54, 1.807) is 32.9 Å². The number of carbonyl (C=O) groups excluding carboxylic acids is 8. The number of carboxylic acids is 1. The Kier molecular flexibility index (Phi) is 29.7. The summed E-state index contributed by atoms with van der Waals surface area (Å²) in [5, 5.41) is 9.83. The summed E-state index contributed by atoms with van der Waals surface area (Å²) in [6, 6.07) is 5.20. The third-order valence-electron chi connectivity index (χ3n) is 17.7. The third-order valence-corrected chi connectivity index (χ3v) is 21.7. The van der Waals surface area contributed by atoms with Crippen LogP contribution in [-0.4, -0.2) is 186 Å². The van der Waals surface area contributed by atoms with Gasteiger partial charge in [0.25, 0.3) is 0 Å². The highest BCUT2D eigenvalue weighted by molar-refractivity contribution is 14.1. The van der Waals surface area contributed by atoms with E-state index in [4.69, 9.17) is 23.7 Å². The first kappa shape index (κ1) is 75.4. The number of hydrogen-bond donors (Lipinski definition) is 1. The third kappa shape index (κ3) is 21.5. The van der Waals surface area contributed by atoms with Crippen molar-refractivity contribution in [3.63, 3.8) is 0 Å². The minimum absolute atomic E-state index is 0.0466. The number of halogens is 1. The summed E-state index contributed by atoms with van der Waals surface area (Å²) in [7, 11) is 2.64. The Labute approximate surface area is 579 Å². The molecule has 3 saturated carbocycles. The van der Waals surface area contributed by atoms with Gasteiger partial charge >= 0.3 is 17.9 Å². The summed E-state index contributed by atoms with van der Waals surface area (Å²) in [5.41, 5.74) is 1.18. The predicted molar refractivity (Wildman–Crippen MR) is 371 cm³/mol. The van der Waals surface area contributed by atoms with Crippen LogP contribution in [0.15, 0.2) is 18.2 Å². The van der Waals surface area contributed by atoms with Crippen LogP contribution in [0.1, 0.15) is 164 Å². The standard InChI is InChI=1S/C25H34N2O5S.C24H32N2O5S.C20H27IN2O5S/c1-17(2)5-10-20-15-21(23(33-20)25(30)31-4)27(16-22(28)26-11-13-32-14-12-26)24(29)19-8-6-18(3)7-9-19;1-16(2)4-9-19-14-20(22(32-19)24(29)30)26(15-21(27)25-10-12-31-13-11-25)23(28)18-7-5-17(3)6-8-18;1-13-3-5-14(6-4-13)19(25)23(12-17(24)22-7-9-28-10-8-22)15-11-16(21)29-18(15)20(26)27-2/h15,17-19H,6-9,11-14,16H2,1-4H3;14,16-18H,5-8,10-13,15H2,1-3H3,(H,29,30);11,13-14H,3-10,12H2,1-2H3. The molecule has 94 heavy (non-hydrogen) atoms. The van der Waals surface area contributed by atoms with Gasteiger partial charge in [-0.2, -0.15) is 0 Å². The summed E-state index contributed by atoms with van der Waals surface area (Å²) in [4.78, 5) is 128. The van der Waals surface area contributed by atoms with E-state index in [-0.39, 0.29) is 95.2 Å². The van der Waals surface area contributed by atoms with E-state index in [1.165, 1.54) is 51.6 Å². The van der Waals surface area contributed by atoms with Gasteiger partial charge in [0.05, 0.1) is 83.6 Å². The van der Waals surface area contributed by atoms with Crippen molar-refractivity contribution in [3.05, 3.63) is 45.5 Å². The SMILES string of the molecule is CC(C)C#Cc1cc(N(CC(=O)N2CCOCC2)C(=O)C2CCC(C)CC2)c(C(=O)O)s1.COC(=O)c1sc(C#CC(C)C)cc1N(CC(=O)N1CCOCC1)C(=O)C1CCC(C)CC1.COC(=O)c1sc(I)cc1N(CC(=O)N1CCOCC1)C(=O)C1CCC(C)CC1. The van der Waals surface area contributed by atoms with Crippen molar-refractivity contribution in [1.82, 2.24) is 14.7 Å². The average molecular weight is 1470 g/mol. The Morgan fingerprint density at radius 2 is 0.777 bits per heavy atom. The number of amides is 6. The van der Waals surface area contributed by atoms with E-state index >= 15 is 0 Å². The van der Waals surface area contributed by atoms with E-state index in [9.17, 15) is 48.3 Å². The molecular weight excluding hydrogens is 1380 g/mol. The van der Waals surface area contributed by atoms with Gasteiger partial charge in [-0.1, -0.05) is 72.1 Å². The van der Waals surface area contributed by atoms with Crippen LogP contribution < -0.4 is 14.7 Å². The molecule has 0 aromatic carbocycles. The van der Waals surface area contributed by atoms with Crippen molar-refractivity contribution >= 4 is 127 Å². The van der Waals surface area contributed by atoms with Gasteiger partial charge in [-0.05, 0) is 136 Å². The molecule has 3 aliphatic heterocycles. The molecule has 3 aromatic rings. The van der Waals surface area contributed by atoms with E-state index in [1.807, 2.05) is 27.7 Å². The van der Waals surface area contributed by atoms with E-state index < -0.39 is 17.9 Å². The predicted octanol–water partition coefficient (Wildman–Crippen LogP) is 10.2. The van der Waals surface area contributed by atoms with Crippen LogP contribution in [0, 0.1) is 73.9 Å². The molecule has 1 N–H and O–H groups in total. The van der Waals surface area contributed by atoms with Crippen LogP contribution in [0.4, 0.5) is 17.1 Å². The fourth-order valence-corrected chi connectivity index (χ4v) is 15.6. The van der Waals surface area contributed by atoms with Crippen LogP contribution >= 0.6 is 56.6 Å². The average Bonchev–Trinajstić information content (AvgIpc) is 1.62. The van der Waals surface area contributed by atoms with Crippen LogP contribution in [0.3, 0.4) is 0 Å². The summed E-state index contributed by atoms with van der Waals surface area (Å²) in [6.45, 7) is 20.0. The van der Waals surface area contributed by atoms with Gasteiger partial charge in [0.15, 0.2) is 0 Å². The molecule has 0 atom stereocenters. The molecule has 9 rings (SSSR count). The maximum absolute atomic E-state index is 13.7. The van der Waals surface area contributed by atoms with Crippen molar-refractivity contribution < 1.29 is 71.9 Å². The minimum Gasteiger partial charge on any atom is -0.477 e. The van der Waals surface area contributed by atoms with Crippen LogP contribution in [-0.2, 0) is 52.5 Å². The number of hydrogen-bond acceptors (Lipinski definition) is 17. The lowest BCUT2D eigenvalue weighted by Crippen LogP contribution is -2.49. The number of rotatable bonds is 15. The number of carbonyl (C=O) groups is 9. The van der Waals surface area contributed by atoms with Crippen molar-refractivity contribution in [1.29, 1.82) is 0 Å². The Balaban J connectivity index is 0.000000200. The Hall–Kier alpha value is -5.94. The molecule has 0 spiro atoms. The lowest BCUT2D eigenvalue weighted by atomic mass is 9.82. The van der Waals surface area contributed by atoms with E-state index in [0.29, 0.717) is 128 Å². The molecule has 6 amide bonds. The molecule has 6 heterocycles. The molecule has 3 aromatic heterocycles. The maximum Gasteiger partial charge on any atom is 0.350 e. The molecule has 3 saturated heterocycles. The molecule has 6 fully saturated rings. The monoisotopic (exact) mass is 1470 g/mol. The zero-order chi connectivity index (χ0) is 68.2. The summed E-state index contributed by atoms with van der Waals surface area (Å²) in [5.74, 6) is 11.0. The van der Waals surface area contributed by atoms with Gasteiger partial charge in [0.1, 0.15) is 34.3 Å². The van der Waals surface area contributed by atoms with Crippen LogP contribution in [0.25, 0.3) is 0 Å². The molecular formula is C69H93IN6O15S3. The van der Waals surface area contributed by atoms with Gasteiger partial charge in [-0.25, -0.2) is 14.4 Å². The second-order valence-electron chi connectivity index (χ2n) is 25.7. The quantitative estimate of drug-likeness (QED) is 0.0846. The first-order valence-corrected chi connectivity index (χ1v) is 36.5. The highest BCUT2D eigenvalue weighted by Crippen LogP contribution is 2.39. The number of thiophene rings is 3. The van der Waals surface area contributed by atoms with Crippen LogP contribution in [0.5, 0.6) is 0 Å². The maximum atomic E-state index is 13.7. The first-order chi connectivity index (χ1) is 45.0. The number of aromatic carboxylic acids is 1. The molecule has 0 bridgehead atoms. The topological polar surface area (TPSA) is 239 Å². The summed E-state index contributed by atoms with van der Waals surface area (Å²) in [6.07, 6.45) is 10.6. The Morgan fingerprint density at radius 3 is 1.07 bits per heavy atom. The second-order valence-corrected chi connectivity index (χ2v) is 30.7. The van der Waals surface area contributed by atoms with Crippen molar-refractivity contribution in [2.24, 2.45) is 47.3 Å². The van der Waals surface area contributed by atoms with Gasteiger partial charge in [0, 0.05) is 68.9 Å². The Morgan fingerprint density at radius 1 is 0.489 bits per heavy atom. The van der Waals surface area contributed by atoms with Crippen molar-refractivity contribution in [2.75, 3.05) is 127 Å². The van der Waals surface area contributed by atoms with Crippen molar-refractivity contribution in [2.45, 2.75) is 126 Å². The molecule has 514 valence electrons. The lowest BCUT2D eigenvalue weighted by Gasteiger charge is -2.33. The first-order valence-electron chi connectivity index (χ1n) is 33.0. The fourth-order valence-electron chi connectivity index (χ4n) is 12.1. The molecule has 21 nitrogen and oxygen atoms in total. The number of nitrogens with zero attached hydrogens (tertiary/aromatic N) is 6. The lowest BCUT2D eigenvalue weighted by molar-refractivity contribution is -0.135. The molecule has 3 aliphatic carbocycles. The highest BCUT2D eigenvalue weighted by Gasteiger charge is 2.38. The number of morpholine rings is 3. The largest absolute Gasteiger partial charge is 0.477 e. The molecule has 6 aliphatic rings. The summed E-state index contributed by atoms with van der Waals surface area (Å²) < 4.78 is 26.8. The van der Waals surface area contributed by atoms with Crippen LogP contribution in [0.2, 0.25) is 0 Å². The molecule has 25 heteroatoms. The smallest absolute Gasteiger partial charge is 0.350 e. The number of methoxy groups -OCH3 is 2. The Bertz CT molecular complexity index is 3240. The molecule has 0 unspecified atom stereocenters. The summed E-state index contributed by atoms with van der Waals surface area (Å²) >= 11 is 5.66. The highest BCUT2D eigenvalue weighted by atomic mass is 127. The van der Waals surface area contributed by atoms with Gasteiger partial charge < -0.3 is 58.2 Å². The van der Waals surface area contributed by atoms with E-state index in [2.05, 4.69) is 67.0 Å². The number of esters is 2. The minimum atomic E-state index is -1.11. The normalized spacial score (nSPS) is 21.3. The fraction of sp³-hybridized carbons (Fsp3) is 0.638. The zero-order valence-corrected chi connectivity index (χ0v) is 60.5. The zero-order valence-electron chi connectivity index (χ0n) is 55.9. The van der Waals surface area contributed by atoms with E-state index in [0.717, 1.165) is 91.3 Å². The number of anilines is 3. The van der Waals surface area contributed by atoms with Gasteiger partial charge in [-0.15, -0.1) is 34.0 Å². The number of ether oxygens (including phenoxy) is 5. The number of carboxylic acid groups (broad SMARTS) is 1. The molecule has 0 radical (unpaired) electrons. The van der Waals surface area contributed by atoms with Crippen molar-refractivity contribution in [3.8, 4) is 23.7 Å². The van der Waals surface area contributed by atoms with Gasteiger partial charge in [-0.3, -0.25) is 28.8 Å². The van der Waals surface area contributed by atoms with Gasteiger partial charge in [0.2, 0.25) is 35.4 Å². The second kappa shape index (κ2) is 37.0.